The monoisotopic (exact) mass is 520 g/mol. The zero-order valence-corrected chi connectivity index (χ0v) is 20.2. The first-order valence-electron chi connectivity index (χ1n) is 11.6. The van der Waals surface area contributed by atoms with Gasteiger partial charge in [-0.05, 0) is 30.4 Å². The maximum absolute atomic E-state index is 13.8. The van der Waals surface area contributed by atoms with E-state index in [1.165, 1.54) is 18.2 Å². The SMILES string of the molecule is O=C1c2c(c3c4ccccc4[nH]c3c3[nH]c4ccccc4c23)C(=O)N1NC(=S)Nc1cccc([N+](=O)[O-])c1. The summed E-state index contributed by atoms with van der Waals surface area (Å²) in [7, 11) is 0. The summed E-state index contributed by atoms with van der Waals surface area (Å²) in [4.78, 5) is 45.1. The number of nitrogens with one attached hydrogen (secondary N) is 4. The number of benzene rings is 4. The van der Waals surface area contributed by atoms with Crippen molar-refractivity contribution in [2.75, 3.05) is 5.32 Å². The van der Waals surface area contributed by atoms with Gasteiger partial charge in [-0.1, -0.05) is 42.5 Å². The van der Waals surface area contributed by atoms with E-state index in [9.17, 15) is 19.7 Å². The van der Waals surface area contributed by atoms with Crippen molar-refractivity contribution in [3.63, 3.8) is 0 Å². The Bertz CT molecular complexity index is 1930. The molecule has 2 amide bonds. The number of hydrogen-bond acceptors (Lipinski definition) is 5. The van der Waals surface area contributed by atoms with Crippen LogP contribution in [0.4, 0.5) is 11.4 Å². The second kappa shape index (κ2) is 7.85. The van der Waals surface area contributed by atoms with Gasteiger partial charge in [0.15, 0.2) is 5.11 Å². The van der Waals surface area contributed by atoms with Crippen LogP contribution in [-0.2, 0) is 0 Å². The number of non-ortho nitro benzene ring substituents is 1. The zero-order chi connectivity index (χ0) is 26.1. The minimum Gasteiger partial charge on any atom is -0.353 e. The summed E-state index contributed by atoms with van der Waals surface area (Å²) in [5.74, 6) is -1.09. The highest BCUT2D eigenvalue weighted by molar-refractivity contribution is 7.80. The van der Waals surface area contributed by atoms with E-state index < -0.39 is 16.7 Å². The highest BCUT2D eigenvalue weighted by atomic mass is 32.1. The van der Waals surface area contributed by atoms with Crippen molar-refractivity contribution in [3.8, 4) is 0 Å². The van der Waals surface area contributed by atoms with Crippen molar-refractivity contribution in [2.45, 2.75) is 0 Å². The lowest BCUT2D eigenvalue weighted by atomic mass is 9.97. The molecular weight excluding hydrogens is 504 g/mol. The van der Waals surface area contributed by atoms with Crippen LogP contribution < -0.4 is 10.7 Å². The van der Waals surface area contributed by atoms with Crippen molar-refractivity contribution in [1.82, 2.24) is 20.4 Å². The molecule has 6 aromatic rings. The predicted octanol–water partition coefficient (Wildman–Crippen LogP) is 5.36. The zero-order valence-electron chi connectivity index (χ0n) is 19.4. The number of nitro benzene ring substituents is 1. The number of imide groups is 1. The Balaban J connectivity index is 1.38. The van der Waals surface area contributed by atoms with Crippen LogP contribution in [-0.4, -0.2) is 36.8 Å². The summed E-state index contributed by atoms with van der Waals surface area (Å²) >= 11 is 5.36. The highest BCUT2D eigenvalue weighted by Gasteiger charge is 2.41. The number of aromatic nitrogens is 2. The molecular formula is C27H16N6O4S. The molecule has 1 aliphatic rings. The van der Waals surface area contributed by atoms with Crippen LogP contribution in [0.2, 0.25) is 0 Å². The van der Waals surface area contributed by atoms with Gasteiger partial charge in [0.05, 0.1) is 27.1 Å². The average Bonchev–Trinajstić information content (AvgIpc) is 3.55. The Labute approximate surface area is 218 Å². The van der Waals surface area contributed by atoms with Gasteiger partial charge in [-0.25, -0.2) is 0 Å². The molecule has 4 aromatic carbocycles. The third-order valence-corrected chi connectivity index (χ3v) is 6.97. The van der Waals surface area contributed by atoms with Crippen LogP contribution in [0.3, 0.4) is 0 Å². The van der Waals surface area contributed by atoms with E-state index >= 15 is 0 Å². The molecule has 0 spiro atoms. The molecule has 0 aliphatic carbocycles. The number of hydrogen-bond donors (Lipinski definition) is 4. The summed E-state index contributed by atoms with van der Waals surface area (Å²) in [6.07, 6.45) is 0. The van der Waals surface area contributed by atoms with E-state index in [4.69, 9.17) is 12.2 Å². The van der Waals surface area contributed by atoms with Crippen LogP contribution in [0.1, 0.15) is 20.7 Å². The molecule has 3 heterocycles. The van der Waals surface area contributed by atoms with Crippen molar-refractivity contribution < 1.29 is 14.5 Å². The van der Waals surface area contributed by atoms with E-state index in [2.05, 4.69) is 20.7 Å². The van der Waals surface area contributed by atoms with Gasteiger partial charge in [0.25, 0.3) is 17.5 Å². The maximum atomic E-state index is 13.8. The quantitative estimate of drug-likeness (QED) is 0.107. The number of H-pyrrole nitrogens is 2. The molecule has 2 aromatic heterocycles. The van der Waals surface area contributed by atoms with Gasteiger partial charge in [-0.3, -0.25) is 25.1 Å². The third-order valence-electron chi connectivity index (χ3n) is 6.77. The Kier molecular flexibility index (Phi) is 4.54. The molecule has 4 N–H and O–H groups in total. The van der Waals surface area contributed by atoms with Gasteiger partial charge in [0.2, 0.25) is 0 Å². The molecule has 1 aliphatic heterocycles. The number of para-hydroxylation sites is 2. The number of thiocarbonyl (C=S) groups is 1. The summed E-state index contributed by atoms with van der Waals surface area (Å²) in [6.45, 7) is 0. The molecule has 0 radical (unpaired) electrons. The Morgan fingerprint density at radius 3 is 1.92 bits per heavy atom. The molecule has 0 fully saturated rings. The van der Waals surface area contributed by atoms with Crippen molar-refractivity contribution in [2.24, 2.45) is 0 Å². The van der Waals surface area contributed by atoms with E-state index in [1.807, 2.05) is 48.5 Å². The van der Waals surface area contributed by atoms with E-state index in [0.29, 0.717) is 16.5 Å². The Hall–Kier alpha value is -5.29. The third kappa shape index (κ3) is 3.02. The van der Waals surface area contributed by atoms with Crippen LogP contribution in [0.15, 0.2) is 72.8 Å². The number of nitrogens with zero attached hydrogens (tertiary/aromatic N) is 2. The number of rotatable bonds is 3. The summed E-state index contributed by atoms with van der Waals surface area (Å²) in [5, 5.41) is 17.7. The fourth-order valence-corrected chi connectivity index (χ4v) is 5.44. The standard InChI is InChI=1S/C27H16N6O4S/c34-25-21-19-15-8-1-3-10-17(15)29-23(19)24-20(16-9-2-4-11-18(16)30-24)22(21)26(35)32(25)31-27(38)28-13-6-5-7-14(12-13)33(36)37/h1-12,29-30H,(H2,28,31,38). The van der Waals surface area contributed by atoms with Gasteiger partial charge in [0, 0.05) is 50.4 Å². The molecule has 184 valence electrons. The molecule has 38 heavy (non-hydrogen) atoms. The summed E-state index contributed by atoms with van der Waals surface area (Å²) in [5.41, 5.74) is 6.62. The first kappa shape index (κ1) is 21.9. The minimum absolute atomic E-state index is 0.0645. The number of carbonyl (C=O) groups is 2. The Morgan fingerprint density at radius 2 is 1.37 bits per heavy atom. The molecule has 10 nitrogen and oxygen atoms in total. The number of aromatic amines is 2. The molecule has 0 atom stereocenters. The fraction of sp³-hybridized carbons (Fsp3) is 0. The number of carbonyl (C=O) groups excluding carboxylic acids is 2. The molecule has 11 heteroatoms. The van der Waals surface area contributed by atoms with E-state index in [0.717, 1.165) is 37.8 Å². The van der Waals surface area contributed by atoms with Gasteiger partial charge in [-0.2, -0.15) is 5.01 Å². The smallest absolute Gasteiger partial charge is 0.281 e. The van der Waals surface area contributed by atoms with Crippen LogP contribution in [0.5, 0.6) is 0 Å². The lowest BCUT2D eigenvalue weighted by molar-refractivity contribution is -0.384. The normalized spacial score (nSPS) is 13.1. The Morgan fingerprint density at radius 1 is 0.816 bits per heavy atom. The van der Waals surface area contributed by atoms with Gasteiger partial charge in [0.1, 0.15) is 0 Å². The second-order valence-electron chi connectivity index (χ2n) is 8.91. The van der Waals surface area contributed by atoms with Crippen LogP contribution >= 0.6 is 12.2 Å². The predicted molar refractivity (Wildman–Crippen MR) is 148 cm³/mol. The van der Waals surface area contributed by atoms with E-state index in [1.54, 1.807) is 6.07 Å². The summed E-state index contributed by atoms with van der Waals surface area (Å²) < 4.78 is 0. The van der Waals surface area contributed by atoms with Gasteiger partial charge >= 0.3 is 0 Å². The molecule has 0 saturated carbocycles. The summed E-state index contributed by atoms with van der Waals surface area (Å²) in [6, 6.07) is 21.0. The molecule has 7 rings (SSSR count). The van der Waals surface area contributed by atoms with Crippen molar-refractivity contribution in [1.29, 1.82) is 0 Å². The topological polar surface area (TPSA) is 136 Å². The molecule has 0 saturated heterocycles. The highest BCUT2D eigenvalue weighted by Crippen LogP contribution is 2.43. The number of nitro groups is 1. The number of anilines is 1. The maximum Gasteiger partial charge on any atom is 0.281 e. The van der Waals surface area contributed by atoms with Gasteiger partial charge < -0.3 is 15.3 Å². The van der Waals surface area contributed by atoms with Crippen LogP contribution in [0.25, 0.3) is 43.6 Å². The molecule has 0 unspecified atom stereocenters. The van der Waals surface area contributed by atoms with E-state index in [-0.39, 0.29) is 21.9 Å². The number of fused-ring (bicyclic) bond motifs is 10. The van der Waals surface area contributed by atoms with Gasteiger partial charge in [-0.15, -0.1) is 0 Å². The lowest BCUT2D eigenvalue weighted by Crippen LogP contribution is -2.47. The minimum atomic E-state index is -0.546. The average molecular weight is 521 g/mol. The number of hydrazine groups is 1. The first-order valence-corrected chi connectivity index (χ1v) is 12.0. The van der Waals surface area contributed by atoms with Crippen LogP contribution in [0, 0.1) is 10.1 Å². The lowest BCUT2D eigenvalue weighted by Gasteiger charge is -2.18. The molecule has 0 bridgehead atoms. The van der Waals surface area contributed by atoms with Crippen molar-refractivity contribution in [3.05, 3.63) is 94.0 Å². The largest absolute Gasteiger partial charge is 0.353 e. The number of amides is 2. The van der Waals surface area contributed by atoms with Crippen molar-refractivity contribution >= 4 is 84.1 Å². The first-order chi connectivity index (χ1) is 18.4. The second-order valence-corrected chi connectivity index (χ2v) is 9.32. The fourth-order valence-electron chi connectivity index (χ4n) is 5.23.